The Kier molecular flexibility index (Phi) is 8.65. The molecule has 2 aliphatic heterocycles. The summed E-state index contributed by atoms with van der Waals surface area (Å²) in [4.78, 5) is 73.1. The summed E-state index contributed by atoms with van der Waals surface area (Å²) in [6, 6.07) is 30.4. The number of nitrogens with zero attached hydrogens (tertiary/aromatic N) is 2. The summed E-state index contributed by atoms with van der Waals surface area (Å²) in [5, 5.41) is 12.6. The number of imide groups is 2. The molecule has 2 heterocycles. The number of benzene rings is 5. The van der Waals surface area contributed by atoms with Gasteiger partial charge in [0.2, 0.25) is 11.8 Å². The number of amides is 4. The number of anilines is 2. The van der Waals surface area contributed by atoms with E-state index in [1.165, 1.54) is 36.4 Å². The summed E-state index contributed by atoms with van der Waals surface area (Å²) in [6.07, 6.45) is 1.83. The first kappa shape index (κ1) is 36.2. The fourth-order valence-electron chi connectivity index (χ4n) is 9.54. The molecular weight excluding hydrogens is 752 g/mol. The van der Waals surface area contributed by atoms with Crippen LogP contribution in [-0.2, 0) is 24.6 Å². The molecular formula is C45H32ClF2N3O6. The van der Waals surface area contributed by atoms with Gasteiger partial charge in [0.05, 0.1) is 34.5 Å². The summed E-state index contributed by atoms with van der Waals surface area (Å²) < 4.78 is 29.3. The van der Waals surface area contributed by atoms with Gasteiger partial charge in [-0.25, -0.2) is 8.78 Å². The number of phenolic OH excluding ortho intramolecular Hbond substituents is 1. The largest absolute Gasteiger partial charge is 0.505 e. The molecule has 4 amide bonds. The van der Waals surface area contributed by atoms with Crippen molar-refractivity contribution >= 4 is 52.4 Å². The molecule has 2 saturated heterocycles. The number of nitrogens with one attached hydrogen (secondary N) is 1. The van der Waals surface area contributed by atoms with E-state index < -0.39 is 76.0 Å². The van der Waals surface area contributed by atoms with Gasteiger partial charge < -0.3 is 5.11 Å². The van der Waals surface area contributed by atoms with Crippen molar-refractivity contribution in [3.8, 4) is 5.75 Å². The molecule has 284 valence electrons. The van der Waals surface area contributed by atoms with Gasteiger partial charge in [0.1, 0.15) is 5.82 Å². The molecule has 0 spiro atoms. The van der Waals surface area contributed by atoms with Crippen LogP contribution >= 0.6 is 11.6 Å². The lowest BCUT2D eigenvalue weighted by molar-refractivity contribution is -0.138. The smallest absolute Gasteiger partial charge is 0.260 e. The number of ketones is 1. The van der Waals surface area contributed by atoms with Crippen molar-refractivity contribution in [2.24, 2.45) is 23.7 Å². The number of rotatable bonds is 7. The number of para-hydroxylation sites is 1. The lowest BCUT2D eigenvalue weighted by Crippen LogP contribution is -2.53. The molecule has 9 rings (SSSR count). The second-order valence-corrected chi connectivity index (χ2v) is 15.2. The minimum absolute atomic E-state index is 0.0291. The molecule has 3 fully saturated rings. The molecule has 57 heavy (non-hydrogen) atoms. The molecule has 2 aliphatic carbocycles. The van der Waals surface area contributed by atoms with Crippen LogP contribution in [0.2, 0.25) is 5.02 Å². The number of halogens is 3. The number of fused-ring (bicyclic) bond motifs is 4. The molecule has 12 heteroatoms. The summed E-state index contributed by atoms with van der Waals surface area (Å²) in [6.45, 7) is 0. The standard InChI is InChI=1S/C45H32ClF2N3O6/c46-27-13-11-26(12-14-27)45-35(42(55)51(44(45)57)49-29-17-15-28(47)16-18-29)23-34-31(38(45)33-7-4-8-36(48)40(33)53)21-22-32-37(34)43(56)50(41(32)54)30-19-9-25(10-20-30)39(52)24-5-2-1-3-6-24/h1-21,32,34-35,37-38,49,53H,22-23H2. The van der Waals surface area contributed by atoms with Crippen LogP contribution < -0.4 is 10.3 Å². The van der Waals surface area contributed by atoms with Gasteiger partial charge in [-0.15, -0.1) is 0 Å². The Morgan fingerprint density at radius 2 is 1.44 bits per heavy atom. The van der Waals surface area contributed by atoms with Crippen molar-refractivity contribution in [3.05, 3.63) is 172 Å². The van der Waals surface area contributed by atoms with Crippen molar-refractivity contribution < 1.29 is 37.9 Å². The molecule has 4 aliphatic rings. The number of hydrogen-bond acceptors (Lipinski definition) is 7. The van der Waals surface area contributed by atoms with E-state index in [4.69, 9.17) is 11.6 Å². The van der Waals surface area contributed by atoms with Crippen LogP contribution in [0.4, 0.5) is 20.2 Å². The minimum Gasteiger partial charge on any atom is -0.505 e. The lowest BCUT2D eigenvalue weighted by atomic mass is 9.49. The molecule has 5 aromatic rings. The maximum absolute atomic E-state index is 15.4. The van der Waals surface area contributed by atoms with Gasteiger partial charge in [-0.2, -0.15) is 5.01 Å². The Bertz CT molecular complexity index is 2530. The molecule has 6 atom stereocenters. The highest BCUT2D eigenvalue weighted by Crippen LogP contribution is 2.65. The molecule has 6 unspecified atom stereocenters. The maximum atomic E-state index is 15.4. The van der Waals surface area contributed by atoms with Gasteiger partial charge in [-0.05, 0) is 91.1 Å². The van der Waals surface area contributed by atoms with E-state index in [1.807, 2.05) is 0 Å². The van der Waals surface area contributed by atoms with Crippen molar-refractivity contribution in [1.29, 1.82) is 0 Å². The number of carbonyl (C=O) groups is 5. The third-order valence-corrected chi connectivity index (χ3v) is 12.3. The van der Waals surface area contributed by atoms with Gasteiger partial charge in [0, 0.05) is 27.6 Å². The summed E-state index contributed by atoms with van der Waals surface area (Å²) in [5.41, 5.74) is 3.36. The van der Waals surface area contributed by atoms with E-state index in [2.05, 4.69) is 5.43 Å². The van der Waals surface area contributed by atoms with E-state index in [-0.39, 0.29) is 35.6 Å². The van der Waals surface area contributed by atoms with E-state index in [1.54, 1.807) is 84.9 Å². The van der Waals surface area contributed by atoms with E-state index >= 15 is 9.18 Å². The highest BCUT2D eigenvalue weighted by atomic mass is 35.5. The van der Waals surface area contributed by atoms with Gasteiger partial charge >= 0.3 is 0 Å². The van der Waals surface area contributed by atoms with Gasteiger partial charge in [-0.3, -0.25) is 34.3 Å². The highest BCUT2D eigenvalue weighted by Gasteiger charge is 2.70. The van der Waals surface area contributed by atoms with Crippen LogP contribution in [0.1, 0.15) is 45.8 Å². The van der Waals surface area contributed by atoms with Crippen molar-refractivity contribution in [2.45, 2.75) is 24.2 Å². The Morgan fingerprint density at radius 3 is 2.14 bits per heavy atom. The predicted molar refractivity (Wildman–Crippen MR) is 206 cm³/mol. The normalized spacial score (nSPS) is 25.2. The number of hydrogen-bond donors (Lipinski definition) is 2. The van der Waals surface area contributed by atoms with Gasteiger partial charge in [0.15, 0.2) is 17.3 Å². The SMILES string of the molecule is O=C(c1ccccc1)c1ccc(N2C(=O)C3CC=C4C(CC5C(=O)N(Nc6ccc(F)cc6)C(=O)C5(c5ccc(Cl)cc5)C4c4cccc(F)c4O)C3C2=O)cc1. The summed E-state index contributed by atoms with van der Waals surface area (Å²) in [7, 11) is 0. The summed E-state index contributed by atoms with van der Waals surface area (Å²) >= 11 is 6.33. The Morgan fingerprint density at radius 1 is 0.754 bits per heavy atom. The molecule has 1 saturated carbocycles. The first-order chi connectivity index (χ1) is 27.5. The molecule has 2 N–H and O–H groups in total. The van der Waals surface area contributed by atoms with Crippen molar-refractivity contribution in [1.82, 2.24) is 5.01 Å². The Hall–Kier alpha value is -6.46. The number of phenols is 1. The number of allylic oxidation sites excluding steroid dienone is 2. The molecule has 5 aromatic carbocycles. The predicted octanol–water partition coefficient (Wildman–Crippen LogP) is 7.74. The molecule has 0 radical (unpaired) electrons. The zero-order chi connectivity index (χ0) is 39.7. The second-order valence-electron chi connectivity index (χ2n) is 14.8. The fourth-order valence-corrected chi connectivity index (χ4v) is 9.66. The molecule has 0 bridgehead atoms. The Balaban J connectivity index is 1.16. The summed E-state index contributed by atoms with van der Waals surface area (Å²) in [5.74, 6) is -9.69. The average molecular weight is 784 g/mol. The Labute approximate surface area is 330 Å². The zero-order valence-corrected chi connectivity index (χ0v) is 30.7. The van der Waals surface area contributed by atoms with E-state index in [0.29, 0.717) is 27.3 Å². The zero-order valence-electron chi connectivity index (χ0n) is 29.9. The maximum Gasteiger partial charge on any atom is 0.260 e. The van der Waals surface area contributed by atoms with Crippen LogP contribution in [-0.4, -0.2) is 39.5 Å². The minimum atomic E-state index is -1.79. The second kappa shape index (κ2) is 13.6. The van der Waals surface area contributed by atoms with E-state index in [0.717, 1.165) is 16.0 Å². The van der Waals surface area contributed by atoms with Crippen LogP contribution in [0.5, 0.6) is 5.75 Å². The fraction of sp³-hybridized carbons (Fsp3) is 0.178. The quantitative estimate of drug-likeness (QED) is 0.0984. The van der Waals surface area contributed by atoms with E-state index in [9.17, 15) is 28.7 Å². The number of aromatic hydroxyl groups is 1. The van der Waals surface area contributed by atoms with Crippen LogP contribution in [0.3, 0.4) is 0 Å². The van der Waals surface area contributed by atoms with Crippen LogP contribution in [0, 0.1) is 35.3 Å². The monoisotopic (exact) mass is 783 g/mol. The van der Waals surface area contributed by atoms with Gasteiger partial charge in [-0.1, -0.05) is 77.8 Å². The van der Waals surface area contributed by atoms with Crippen molar-refractivity contribution in [3.63, 3.8) is 0 Å². The van der Waals surface area contributed by atoms with Crippen LogP contribution in [0.25, 0.3) is 0 Å². The lowest BCUT2D eigenvalue weighted by Gasteiger charge is -2.50. The third-order valence-electron chi connectivity index (χ3n) is 12.0. The van der Waals surface area contributed by atoms with Crippen LogP contribution in [0.15, 0.2) is 133 Å². The topological polar surface area (TPSA) is 124 Å². The number of carbonyl (C=O) groups excluding carboxylic acids is 5. The molecule has 0 aromatic heterocycles. The first-order valence-electron chi connectivity index (χ1n) is 18.4. The molecule has 9 nitrogen and oxygen atoms in total. The van der Waals surface area contributed by atoms with Crippen molar-refractivity contribution in [2.75, 3.05) is 10.3 Å². The average Bonchev–Trinajstić information content (AvgIpc) is 3.60. The first-order valence-corrected chi connectivity index (χ1v) is 18.8. The van der Waals surface area contributed by atoms with Gasteiger partial charge in [0.25, 0.3) is 11.8 Å². The highest BCUT2D eigenvalue weighted by molar-refractivity contribution is 6.30. The number of hydrazine groups is 1. The third kappa shape index (κ3) is 5.51.